The van der Waals surface area contributed by atoms with Crippen molar-refractivity contribution in [3.63, 3.8) is 0 Å². The third-order valence-corrected chi connectivity index (χ3v) is 5.47. The third-order valence-electron chi connectivity index (χ3n) is 5.47. The number of hydrogen-bond donors (Lipinski definition) is 1. The number of rotatable bonds is 6. The van der Waals surface area contributed by atoms with Crippen LogP contribution in [-0.2, 0) is 17.6 Å². The molecule has 5 nitrogen and oxygen atoms in total. The number of nitrogens with zero attached hydrogens (tertiary/aromatic N) is 2. The molecule has 0 saturated carbocycles. The van der Waals surface area contributed by atoms with E-state index in [4.69, 9.17) is 4.74 Å². The first-order chi connectivity index (χ1) is 13.3. The molecule has 0 atom stereocenters. The fraction of sp³-hybridized carbons (Fsp3) is 0.455. The lowest BCUT2D eigenvalue weighted by Crippen LogP contribution is -2.38. The maximum Gasteiger partial charge on any atom is 0.224 e. The van der Waals surface area contributed by atoms with Gasteiger partial charge in [-0.05, 0) is 74.0 Å². The van der Waals surface area contributed by atoms with Gasteiger partial charge in [-0.1, -0.05) is 6.07 Å². The molecule has 4 rings (SSSR count). The smallest absolute Gasteiger partial charge is 0.224 e. The lowest BCUT2D eigenvalue weighted by Gasteiger charge is -2.32. The van der Waals surface area contributed by atoms with Crippen LogP contribution in [0.5, 0.6) is 5.75 Å². The van der Waals surface area contributed by atoms with E-state index in [1.54, 1.807) is 0 Å². The van der Waals surface area contributed by atoms with Gasteiger partial charge in [0.2, 0.25) is 5.91 Å². The van der Waals surface area contributed by atoms with E-state index in [9.17, 15) is 4.79 Å². The lowest BCUT2D eigenvalue weighted by molar-refractivity contribution is -0.116. The molecule has 0 aliphatic carbocycles. The maximum atomic E-state index is 11.5. The Morgan fingerprint density at radius 1 is 1.19 bits per heavy atom. The summed E-state index contributed by atoms with van der Waals surface area (Å²) in [5, 5.41) is 2.92. The molecule has 1 amide bonds. The molecule has 1 saturated heterocycles. The van der Waals surface area contributed by atoms with E-state index in [0.29, 0.717) is 6.42 Å². The monoisotopic (exact) mass is 365 g/mol. The van der Waals surface area contributed by atoms with Gasteiger partial charge in [0.25, 0.3) is 0 Å². The molecular formula is C22H27N3O2. The molecule has 27 heavy (non-hydrogen) atoms. The number of nitrogens with one attached hydrogen (secondary N) is 1. The number of amides is 1. The summed E-state index contributed by atoms with van der Waals surface area (Å²) in [7, 11) is 0. The van der Waals surface area contributed by atoms with Gasteiger partial charge in [-0.25, -0.2) is 0 Å². The number of pyridine rings is 1. The number of carbonyl (C=O) groups is 1. The highest BCUT2D eigenvalue weighted by molar-refractivity contribution is 5.93. The van der Waals surface area contributed by atoms with Gasteiger partial charge >= 0.3 is 0 Å². The lowest BCUT2D eigenvalue weighted by atomic mass is 10.0. The molecule has 0 unspecified atom stereocenters. The Bertz CT molecular complexity index is 770. The minimum atomic E-state index is 0.104. The topological polar surface area (TPSA) is 54.5 Å². The minimum absolute atomic E-state index is 0.104. The Morgan fingerprint density at radius 3 is 2.89 bits per heavy atom. The summed E-state index contributed by atoms with van der Waals surface area (Å²) in [5.74, 6) is 1.03. The predicted octanol–water partition coefficient (Wildman–Crippen LogP) is 3.44. The summed E-state index contributed by atoms with van der Waals surface area (Å²) in [6.07, 6.45) is 9.85. The summed E-state index contributed by atoms with van der Waals surface area (Å²) in [4.78, 5) is 18.2. The van der Waals surface area contributed by atoms with E-state index in [2.05, 4.69) is 27.3 Å². The van der Waals surface area contributed by atoms with E-state index >= 15 is 0 Å². The van der Waals surface area contributed by atoms with Crippen LogP contribution in [0.1, 0.15) is 36.8 Å². The van der Waals surface area contributed by atoms with Gasteiger partial charge in [-0.3, -0.25) is 9.78 Å². The molecule has 0 radical (unpaired) electrons. The molecule has 142 valence electrons. The van der Waals surface area contributed by atoms with Crippen LogP contribution in [0.15, 0.2) is 42.7 Å². The highest BCUT2D eigenvalue weighted by atomic mass is 16.5. The van der Waals surface area contributed by atoms with Crippen molar-refractivity contribution in [1.29, 1.82) is 0 Å². The van der Waals surface area contributed by atoms with Crippen molar-refractivity contribution in [2.75, 3.05) is 25.0 Å². The number of hydrogen-bond acceptors (Lipinski definition) is 4. The molecule has 1 fully saturated rings. The number of ether oxygens (including phenoxy) is 1. The Morgan fingerprint density at radius 2 is 2.07 bits per heavy atom. The van der Waals surface area contributed by atoms with Crippen LogP contribution < -0.4 is 10.1 Å². The van der Waals surface area contributed by atoms with Crippen LogP contribution in [0.2, 0.25) is 0 Å². The second kappa shape index (κ2) is 8.53. The Hall–Kier alpha value is -2.40. The number of aryl methyl sites for hydroxylation is 2. The summed E-state index contributed by atoms with van der Waals surface area (Å²) in [6, 6.07) is 10.2. The molecule has 3 heterocycles. The number of anilines is 1. The van der Waals surface area contributed by atoms with Crippen molar-refractivity contribution < 1.29 is 9.53 Å². The largest absolute Gasteiger partial charge is 0.490 e. The number of fused-ring (bicyclic) bond motifs is 1. The SMILES string of the molecule is O=C1CCc2cc(OC3CCN(CCCc4cccnc4)CC3)ccc2N1. The number of aromatic nitrogens is 1. The zero-order valence-corrected chi connectivity index (χ0v) is 15.7. The fourth-order valence-electron chi connectivity index (χ4n) is 3.93. The van der Waals surface area contributed by atoms with Gasteiger partial charge in [0.15, 0.2) is 0 Å². The first-order valence-corrected chi connectivity index (χ1v) is 9.97. The summed E-state index contributed by atoms with van der Waals surface area (Å²) in [5.41, 5.74) is 3.43. The van der Waals surface area contributed by atoms with Crippen LogP contribution in [0.4, 0.5) is 5.69 Å². The first-order valence-electron chi connectivity index (χ1n) is 9.97. The van der Waals surface area contributed by atoms with Crippen molar-refractivity contribution in [2.45, 2.75) is 44.6 Å². The average Bonchev–Trinajstić information content (AvgIpc) is 2.70. The molecular weight excluding hydrogens is 338 g/mol. The van der Waals surface area contributed by atoms with Gasteiger partial charge in [-0.2, -0.15) is 0 Å². The summed E-state index contributed by atoms with van der Waals surface area (Å²) < 4.78 is 6.22. The van der Waals surface area contributed by atoms with Crippen molar-refractivity contribution >= 4 is 11.6 Å². The van der Waals surface area contributed by atoms with Gasteiger partial charge in [0.1, 0.15) is 11.9 Å². The number of carbonyl (C=O) groups excluding carboxylic acids is 1. The fourth-order valence-corrected chi connectivity index (χ4v) is 3.93. The van der Waals surface area contributed by atoms with Gasteiger partial charge in [-0.15, -0.1) is 0 Å². The zero-order chi connectivity index (χ0) is 18.5. The van der Waals surface area contributed by atoms with Gasteiger partial charge < -0.3 is 15.0 Å². The standard InChI is InChI=1S/C22H27N3O2/c26-22-8-5-18-15-20(6-7-21(18)24-22)27-19-9-13-25(14-10-19)12-2-4-17-3-1-11-23-16-17/h1,3,6-7,11,15-16,19H,2,4-5,8-10,12-14H2,(H,24,26). The molecule has 1 aromatic carbocycles. The molecule has 0 spiro atoms. The average molecular weight is 365 g/mol. The van der Waals surface area contributed by atoms with E-state index in [-0.39, 0.29) is 12.0 Å². The number of benzene rings is 1. The third kappa shape index (κ3) is 4.86. The zero-order valence-electron chi connectivity index (χ0n) is 15.7. The molecule has 2 aliphatic rings. The minimum Gasteiger partial charge on any atom is -0.490 e. The molecule has 1 aromatic heterocycles. The van der Waals surface area contributed by atoms with Crippen molar-refractivity contribution in [3.05, 3.63) is 53.9 Å². The second-order valence-electron chi connectivity index (χ2n) is 7.49. The number of likely N-dealkylation sites (tertiary alicyclic amines) is 1. The van der Waals surface area contributed by atoms with E-state index in [0.717, 1.165) is 56.8 Å². The maximum absolute atomic E-state index is 11.5. The molecule has 5 heteroatoms. The first kappa shape index (κ1) is 18.0. The van der Waals surface area contributed by atoms with Crippen molar-refractivity contribution in [1.82, 2.24) is 9.88 Å². The highest BCUT2D eigenvalue weighted by Crippen LogP contribution is 2.28. The predicted molar refractivity (Wildman–Crippen MR) is 106 cm³/mol. The van der Waals surface area contributed by atoms with Crippen LogP contribution in [0.25, 0.3) is 0 Å². The van der Waals surface area contributed by atoms with Crippen LogP contribution in [0.3, 0.4) is 0 Å². The van der Waals surface area contributed by atoms with E-state index < -0.39 is 0 Å². The quantitative estimate of drug-likeness (QED) is 0.852. The Labute approximate surface area is 160 Å². The number of piperidine rings is 1. The van der Waals surface area contributed by atoms with Crippen molar-refractivity contribution in [3.8, 4) is 5.75 Å². The molecule has 1 N–H and O–H groups in total. The normalized spacial score (nSPS) is 18.0. The Kier molecular flexibility index (Phi) is 5.68. The van der Waals surface area contributed by atoms with Crippen molar-refractivity contribution in [2.24, 2.45) is 0 Å². The Balaban J connectivity index is 1.21. The highest BCUT2D eigenvalue weighted by Gasteiger charge is 2.21. The summed E-state index contributed by atoms with van der Waals surface area (Å²) in [6.45, 7) is 3.33. The van der Waals surface area contributed by atoms with E-state index in [1.165, 1.54) is 17.5 Å². The van der Waals surface area contributed by atoms with Crippen LogP contribution >= 0.6 is 0 Å². The van der Waals surface area contributed by atoms with Crippen LogP contribution in [-0.4, -0.2) is 41.5 Å². The van der Waals surface area contributed by atoms with Gasteiger partial charge in [0.05, 0.1) is 0 Å². The molecule has 2 aliphatic heterocycles. The second-order valence-corrected chi connectivity index (χ2v) is 7.49. The van der Waals surface area contributed by atoms with E-state index in [1.807, 2.05) is 30.6 Å². The summed E-state index contributed by atoms with van der Waals surface area (Å²) >= 11 is 0. The molecule has 2 aromatic rings. The van der Waals surface area contributed by atoms with Crippen LogP contribution in [0, 0.1) is 0 Å². The molecule has 0 bridgehead atoms. The van der Waals surface area contributed by atoms with Gasteiger partial charge in [0, 0.05) is 37.6 Å².